The molecule has 0 spiro atoms. The SMILES string of the molecule is O=C(NCCC(=O)N1CCN(Cc2cc(=O)n3ccsc3n2)CC1)C1CCCCC1. The van der Waals surface area contributed by atoms with Crippen molar-refractivity contribution in [1.29, 1.82) is 0 Å². The summed E-state index contributed by atoms with van der Waals surface area (Å²) in [5.41, 5.74) is 0.716. The van der Waals surface area contributed by atoms with Crippen molar-refractivity contribution >= 4 is 28.1 Å². The van der Waals surface area contributed by atoms with Crippen molar-refractivity contribution in [2.45, 2.75) is 45.1 Å². The van der Waals surface area contributed by atoms with Gasteiger partial charge in [-0.1, -0.05) is 19.3 Å². The van der Waals surface area contributed by atoms with E-state index < -0.39 is 0 Å². The number of carbonyl (C=O) groups excluding carboxylic acids is 2. The van der Waals surface area contributed by atoms with E-state index in [9.17, 15) is 14.4 Å². The third-order valence-corrected chi connectivity index (χ3v) is 6.84. The largest absolute Gasteiger partial charge is 0.355 e. The van der Waals surface area contributed by atoms with E-state index in [1.165, 1.54) is 17.8 Å². The Labute approximate surface area is 179 Å². The number of aromatic nitrogens is 2. The Bertz CT molecular complexity index is 942. The summed E-state index contributed by atoms with van der Waals surface area (Å²) in [4.78, 5) is 46.2. The van der Waals surface area contributed by atoms with Crippen LogP contribution in [-0.4, -0.2) is 63.7 Å². The van der Waals surface area contributed by atoms with Gasteiger partial charge in [-0.05, 0) is 12.8 Å². The number of fused-ring (bicyclic) bond motifs is 1. The zero-order chi connectivity index (χ0) is 20.9. The van der Waals surface area contributed by atoms with Gasteiger partial charge >= 0.3 is 0 Å². The van der Waals surface area contributed by atoms with Gasteiger partial charge in [-0.2, -0.15) is 0 Å². The van der Waals surface area contributed by atoms with Crippen LogP contribution in [0.2, 0.25) is 0 Å². The van der Waals surface area contributed by atoms with E-state index in [1.807, 2.05) is 10.3 Å². The van der Waals surface area contributed by atoms with E-state index >= 15 is 0 Å². The number of amides is 2. The molecule has 2 aromatic heterocycles. The van der Waals surface area contributed by atoms with Crippen LogP contribution in [0.3, 0.4) is 0 Å². The highest BCUT2D eigenvalue weighted by atomic mass is 32.1. The lowest BCUT2D eigenvalue weighted by molar-refractivity contribution is -0.133. The molecule has 1 aliphatic carbocycles. The number of hydrogen-bond acceptors (Lipinski definition) is 6. The molecule has 9 heteroatoms. The Morgan fingerprint density at radius 3 is 2.67 bits per heavy atom. The predicted octanol–water partition coefficient (Wildman–Crippen LogP) is 1.49. The van der Waals surface area contributed by atoms with Crippen molar-refractivity contribution in [1.82, 2.24) is 24.5 Å². The number of nitrogens with zero attached hydrogens (tertiary/aromatic N) is 4. The first kappa shape index (κ1) is 21.0. The minimum Gasteiger partial charge on any atom is -0.355 e. The highest BCUT2D eigenvalue weighted by molar-refractivity contribution is 7.15. The molecule has 0 atom stereocenters. The number of piperazine rings is 1. The summed E-state index contributed by atoms with van der Waals surface area (Å²) in [7, 11) is 0. The van der Waals surface area contributed by atoms with Gasteiger partial charge in [-0.15, -0.1) is 11.3 Å². The lowest BCUT2D eigenvalue weighted by Crippen LogP contribution is -2.49. The third kappa shape index (κ3) is 5.07. The molecule has 0 bridgehead atoms. The summed E-state index contributed by atoms with van der Waals surface area (Å²) in [6, 6.07) is 1.59. The van der Waals surface area contributed by atoms with Crippen LogP contribution >= 0.6 is 11.3 Å². The van der Waals surface area contributed by atoms with Crippen LogP contribution in [0.1, 0.15) is 44.2 Å². The number of carbonyl (C=O) groups is 2. The predicted molar refractivity (Wildman–Crippen MR) is 115 cm³/mol. The van der Waals surface area contributed by atoms with Crippen LogP contribution < -0.4 is 10.9 Å². The number of hydrogen-bond donors (Lipinski definition) is 1. The summed E-state index contributed by atoms with van der Waals surface area (Å²) >= 11 is 1.45. The normalized spacial score (nSPS) is 18.6. The first-order valence-corrected chi connectivity index (χ1v) is 11.7. The first-order valence-electron chi connectivity index (χ1n) is 10.8. The Balaban J connectivity index is 1.19. The van der Waals surface area contributed by atoms with Gasteiger partial charge in [-0.3, -0.25) is 23.7 Å². The highest BCUT2D eigenvalue weighted by Crippen LogP contribution is 2.23. The van der Waals surface area contributed by atoms with E-state index in [0.717, 1.165) is 44.5 Å². The first-order chi connectivity index (χ1) is 14.6. The van der Waals surface area contributed by atoms with Crippen LogP contribution in [0.4, 0.5) is 0 Å². The van der Waals surface area contributed by atoms with E-state index in [1.54, 1.807) is 16.7 Å². The fourth-order valence-corrected chi connectivity index (χ4v) is 5.05. The second kappa shape index (κ2) is 9.70. The maximum atomic E-state index is 12.5. The summed E-state index contributed by atoms with van der Waals surface area (Å²) in [6.45, 7) is 3.87. The van der Waals surface area contributed by atoms with Crippen LogP contribution in [0.25, 0.3) is 4.96 Å². The molecule has 2 aliphatic rings. The van der Waals surface area contributed by atoms with Crippen molar-refractivity contribution in [2.75, 3.05) is 32.7 Å². The van der Waals surface area contributed by atoms with E-state index in [4.69, 9.17) is 0 Å². The lowest BCUT2D eigenvalue weighted by Gasteiger charge is -2.34. The molecule has 3 heterocycles. The van der Waals surface area contributed by atoms with Crippen molar-refractivity contribution in [3.05, 3.63) is 33.7 Å². The van der Waals surface area contributed by atoms with Gasteiger partial charge in [0.05, 0.1) is 5.69 Å². The summed E-state index contributed by atoms with van der Waals surface area (Å²) in [5, 5.41) is 4.80. The quantitative estimate of drug-likeness (QED) is 0.749. The van der Waals surface area contributed by atoms with Gasteiger partial charge < -0.3 is 10.2 Å². The Kier molecular flexibility index (Phi) is 6.79. The van der Waals surface area contributed by atoms with Crippen LogP contribution in [0.5, 0.6) is 0 Å². The molecule has 1 saturated carbocycles. The minimum atomic E-state index is -0.0552. The van der Waals surface area contributed by atoms with Gasteiger partial charge in [0.1, 0.15) is 0 Å². The van der Waals surface area contributed by atoms with Gasteiger partial charge in [-0.25, -0.2) is 4.98 Å². The molecule has 2 amide bonds. The third-order valence-electron chi connectivity index (χ3n) is 6.08. The fourth-order valence-electron chi connectivity index (χ4n) is 4.31. The molecule has 2 fully saturated rings. The molecule has 0 radical (unpaired) electrons. The number of thiazole rings is 1. The van der Waals surface area contributed by atoms with Crippen molar-refractivity contribution < 1.29 is 9.59 Å². The monoisotopic (exact) mass is 431 g/mol. The fraction of sp³-hybridized carbons (Fsp3) is 0.619. The molecule has 0 unspecified atom stereocenters. The molecule has 1 aliphatic heterocycles. The maximum Gasteiger partial charge on any atom is 0.258 e. The highest BCUT2D eigenvalue weighted by Gasteiger charge is 2.23. The smallest absolute Gasteiger partial charge is 0.258 e. The topological polar surface area (TPSA) is 87.0 Å². The van der Waals surface area contributed by atoms with E-state index in [-0.39, 0.29) is 23.3 Å². The molecule has 1 N–H and O–H groups in total. The molecular formula is C21H29N5O3S. The molecular weight excluding hydrogens is 402 g/mol. The van der Waals surface area contributed by atoms with Crippen molar-refractivity contribution in [3.63, 3.8) is 0 Å². The maximum absolute atomic E-state index is 12.5. The van der Waals surface area contributed by atoms with Gasteiger partial charge in [0.2, 0.25) is 11.8 Å². The van der Waals surface area contributed by atoms with Crippen molar-refractivity contribution in [3.8, 4) is 0 Å². The second-order valence-corrected chi connectivity index (χ2v) is 9.05. The summed E-state index contributed by atoms with van der Waals surface area (Å²) < 4.78 is 1.55. The van der Waals surface area contributed by atoms with Gasteiger partial charge in [0, 0.05) is 69.3 Å². The second-order valence-electron chi connectivity index (χ2n) is 8.17. The van der Waals surface area contributed by atoms with Gasteiger partial charge in [0.15, 0.2) is 4.96 Å². The molecule has 4 rings (SSSR count). The molecule has 1 saturated heterocycles. The molecule has 30 heavy (non-hydrogen) atoms. The number of rotatable bonds is 6. The standard InChI is InChI=1S/C21H29N5O3S/c27-18(6-7-22-20(29)16-4-2-1-3-5-16)25-10-8-24(9-11-25)15-17-14-19(28)26-12-13-30-21(26)23-17/h12-14,16H,1-11,15H2,(H,22,29). The summed E-state index contributed by atoms with van der Waals surface area (Å²) in [6.07, 6.45) is 7.53. The molecule has 162 valence electrons. The van der Waals surface area contributed by atoms with Crippen LogP contribution in [-0.2, 0) is 16.1 Å². The van der Waals surface area contributed by atoms with E-state index in [2.05, 4.69) is 15.2 Å². The zero-order valence-electron chi connectivity index (χ0n) is 17.2. The van der Waals surface area contributed by atoms with Crippen LogP contribution in [0.15, 0.2) is 22.4 Å². The van der Waals surface area contributed by atoms with Crippen LogP contribution in [0, 0.1) is 5.92 Å². The Hall–Kier alpha value is -2.26. The average molecular weight is 432 g/mol. The zero-order valence-corrected chi connectivity index (χ0v) is 18.0. The van der Waals surface area contributed by atoms with E-state index in [0.29, 0.717) is 37.6 Å². The average Bonchev–Trinajstić information content (AvgIpc) is 3.24. The number of nitrogens with one attached hydrogen (secondary N) is 1. The Morgan fingerprint density at radius 1 is 1.13 bits per heavy atom. The lowest BCUT2D eigenvalue weighted by atomic mass is 9.89. The molecule has 0 aromatic carbocycles. The molecule has 8 nitrogen and oxygen atoms in total. The van der Waals surface area contributed by atoms with Crippen molar-refractivity contribution in [2.24, 2.45) is 5.92 Å². The Morgan fingerprint density at radius 2 is 1.90 bits per heavy atom. The summed E-state index contributed by atoms with van der Waals surface area (Å²) in [5.74, 6) is 0.334. The van der Waals surface area contributed by atoms with Gasteiger partial charge in [0.25, 0.3) is 5.56 Å². The molecule has 2 aromatic rings. The minimum absolute atomic E-state index is 0.0552.